The number of pyridine rings is 2. The van der Waals surface area contributed by atoms with E-state index in [2.05, 4.69) is 25.3 Å². The maximum absolute atomic E-state index is 12.3. The van der Waals surface area contributed by atoms with Gasteiger partial charge in [0.1, 0.15) is 5.65 Å². The van der Waals surface area contributed by atoms with Crippen LogP contribution in [0.1, 0.15) is 29.8 Å². The molecule has 134 valence electrons. The van der Waals surface area contributed by atoms with Gasteiger partial charge >= 0.3 is 5.69 Å². The first-order valence-corrected chi connectivity index (χ1v) is 7.94. The predicted molar refractivity (Wildman–Crippen MR) is 94.2 cm³/mol. The van der Waals surface area contributed by atoms with E-state index in [1.165, 1.54) is 12.3 Å². The third-order valence-corrected chi connectivity index (χ3v) is 3.46. The molecule has 0 fully saturated rings. The number of carbonyl (C=O) groups is 1. The summed E-state index contributed by atoms with van der Waals surface area (Å²) in [5, 5.41) is 2.86. The lowest BCUT2D eigenvalue weighted by molar-refractivity contribution is 0.0950. The van der Waals surface area contributed by atoms with Gasteiger partial charge in [0.15, 0.2) is 0 Å². The highest BCUT2D eigenvalue weighted by molar-refractivity contribution is 5.96. The van der Waals surface area contributed by atoms with Crippen LogP contribution < -0.4 is 21.3 Å². The van der Waals surface area contributed by atoms with Crippen LogP contribution in [-0.4, -0.2) is 31.9 Å². The summed E-state index contributed by atoms with van der Waals surface area (Å²) >= 11 is 0. The summed E-state index contributed by atoms with van der Waals surface area (Å²) in [6.45, 7) is 4.08. The topological polar surface area (TPSA) is 130 Å². The molecule has 3 aromatic heterocycles. The Morgan fingerprint density at radius 1 is 1.19 bits per heavy atom. The van der Waals surface area contributed by atoms with Crippen molar-refractivity contribution in [3.05, 3.63) is 62.6 Å². The van der Waals surface area contributed by atoms with Gasteiger partial charge in [0, 0.05) is 25.0 Å². The Kier molecular flexibility index (Phi) is 4.78. The van der Waals surface area contributed by atoms with Gasteiger partial charge in [-0.3, -0.25) is 19.6 Å². The molecule has 26 heavy (non-hydrogen) atoms. The van der Waals surface area contributed by atoms with Crippen LogP contribution >= 0.6 is 0 Å². The highest BCUT2D eigenvalue weighted by Crippen LogP contribution is 2.10. The molecule has 0 bridgehead atoms. The van der Waals surface area contributed by atoms with Crippen LogP contribution in [0.3, 0.4) is 0 Å². The Labute approximate surface area is 147 Å². The predicted octanol–water partition coefficient (Wildman–Crippen LogP) is 0.724. The average molecular weight is 355 g/mol. The molecule has 0 aliphatic carbocycles. The number of H-pyrrole nitrogens is 2. The van der Waals surface area contributed by atoms with E-state index < -0.39 is 17.2 Å². The number of aromatic amines is 2. The fraction of sp³-hybridized carbons (Fsp3) is 0.235. The normalized spacial score (nSPS) is 10.9. The number of rotatable bonds is 5. The Hall–Kier alpha value is -3.49. The van der Waals surface area contributed by atoms with E-state index in [9.17, 15) is 14.4 Å². The minimum atomic E-state index is -0.649. The average Bonchev–Trinajstić information content (AvgIpc) is 2.60. The fourth-order valence-corrected chi connectivity index (χ4v) is 2.28. The number of nitrogens with zero attached hydrogens (tertiary/aromatic N) is 2. The summed E-state index contributed by atoms with van der Waals surface area (Å²) in [6, 6.07) is 4.91. The molecule has 0 atom stereocenters. The molecule has 0 saturated heterocycles. The lowest BCUT2D eigenvalue weighted by atomic mass is 10.2. The van der Waals surface area contributed by atoms with Crippen LogP contribution in [0, 0.1) is 0 Å². The molecule has 0 saturated carbocycles. The van der Waals surface area contributed by atoms with Crippen LogP contribution in [0.4, 0.5) is 0 Å². The van der Waals surface area contributed by atoms with Crippen LogP contribution in [0.25, 0.3) is 11.0 Å². The van der Waals surface area contributed by atoms with Crippen molar-refractivity contribution in [2.24, 2.45) is 0 Å². The van der Waals surface area contributed by atoms with Gasteiger partial charge in [0.25, 0.3) is 11.5 Å². The van der Waals surface area contributed by atoms with Crippen LogP contribution in [-0.2, 0) is 6.54 Å². The van der Waals surface area contributed by atoms with Crippen molar-refractivity contribution in [3.63, 3.8) is 0 Å². The van der Waals surface area contributed by atoms with Crippen molar-refractivity contribution in [1.29, 1.82) is 0 Å². The van der Waals surface area contributed by atoms with Gasteiger partial charge in [-0.05, 0) is 25.5 Å². The van der Waals surface area contributed by atoms with Crippen LogP contribution in [0.15, 0.2) is 40.2 Å². The minimum Gasteiger partial charge on any atom is -0.475 e. The third kappa shape index (κ3) is 3.94. The molecule has 0 radical (unpaired) electrons. The molecule has 0 aliphatic heterocycles. The standard InChI is InChI=1S/C17H17N5O4/c1-9(2)26-13-4-3-10(6-18-13)7-20-15(23)11-5-12-14(19-8-11)21-17(25)22-16(12)24/h3-6,8-9H,7H2,1-2H3,(H,20,23)(H2,19,21,22,24,25). The van der Waals surface area contributed by atoms with Gasteiger partial charge in [0.2, 0.25) is 5.88 Å². The summed E-state index contributed by atoms with van der Waals surface area (Å²) in [5.41, 5.74) is -0.117. The molecule has 3 N–H and O–H groups in total. The van der Waals surface area contributed by atoms with E-state index in [-0.39, 0.29) is 29.2 Å². The minimum absolute atomic E-state index is 0.0338. The van der Waals surface area contributed by atoms with Gasteiger partial charge in [-0.25, -0.2) is 14.8 Å². The van der Waals surface area contributed by atoms with Gasteiger partial charge in [-0.15, -0.1) is 0 Å². The fourth-order valence-electron chi connectivity index (χ4n) is 2.28. The zero-order valence-corrected chi connectivity index (χ0v) is 14.2. The number of carbonyl (C=O) groups excluding carboxylic acids is 1. The van der Waals surface area contributed by atoms with Crippen molar-refractivity contribution in [2.75, 3.05) is 0 Å². The number of ether oxygens (including phenoxy) is 1. The number of hydrogen-bond acceptors (Lipinski definition) is 6. The van der Waals surface area contributed by atoms with E-state index in [0.29, 0.717) is 5.88 Å². The van der Waals surface area contributed by atoms with Crippen molar-refractivity contribution < 1.29 is 9.53 Å². The maximum atomic E-state index is 12.3. The zero-order chi connectivity index (χ0) is 18.7. The van der Waals surface area contributed by atoms with Crippen molar-refractivity contribution >= 4 is 16.9 Å². The molecule has 3 aromatic rings. The summed E-state index contributed by atoms with van der Waals surface area (Å²) in [7, 11) is 0. The van der Waals surface area contributed by atoms with Gasteiger partial charge < -0.3 is 10.1 Å². The Morgan fingerprint density at radius 3 is 2.69 bits per heavy atom. The maximum Gasteiger partial charge on any atom is 0.327 e. The van der Waals surface area contributed by atoms with Crippen molar-refractivity contribution in [1.82, 2.24) is 25.3 Å². The summed E-state index contributed by atoms with van der Waals surface area (Å²) in [5.74, 6) is 0.120. The molecule has 0 spiro atoms. The highest BCUT2D eigenvalue weighted by atomic mass is 16.5. The van der Waals surface area contributed by atoms with E-state index in [1.807, 2.05) is 13.8 Å². The number of nitrogens with one attached hydrogen (secondary N) is 3. The first-order chi connectivity index (χ1) is 12.4. The van der Waals surface area contributed by atoms with Crippen LogP contribution in [0.5, 0.6) is 5.88 Å². The first-order valence-electron chi connectivity index (χ1n) is 7.94. The second kappa shape index (κ2) is 7.18. The largest absolute Gasteiger partial charge is 0.475 e. The van der Waals surface area contributed by atoms with Gasteiger partial charge in [-0.2, -0.15) is 0 Å². The lowest BCUT2D eigenvalue weighted by Crippen LogP contribution is -2.25. The summed E-state index contributed by atoms with van der Waals surface area (Å²) < 4.78 is 5.46. The molecule has 9 heteroatoms. The molecular weight excluding hydrogens is 338 g/mol. The number of amides is 1. The highest BCUT2D eigenvalue weighted by Gasteiger charge is 2.10. The van der Waals surface area contributed by atoms with E-state index in [1.54, 1.807) is 18.3 Å². The SMILES string of the molecule is CC(C)Oc1ccc(CNC(=O)c2cnc3[nH]c(=O)[nH]c(=O)c3c2)cn1. The first kappa shape index (κ1) is 17.3. The second-order valence-electron chi connectivity index (χ2n) is 5.88. The molecule has 3 rings (SSSR count). The monoisotopic (exact) mass is 355 g/mol. The van der Waals surface area contributed by atoms with Crippen LogP contribution in [0.2, 0.25) is 0 Å². The molecule has 9 nitrogen and oxygen atoms in total. The molecule has 0 aliphatic rings. The van der Waals surface area contributed by atoms with Crippen molar-refractivity contribution in [2.45, 2.75) is 26.5 Å². The number of hydrogen-bond donors (Lipinski definition) is 3. The zero-order valence-electron chi connectivity index (χ0n) is 14.2. The van der Waals surface area contributed by atoms with Gasteiger partial charge in [-0.1, -0.05) is 6.07 Å². The Balaban J connectivity index is 1.71. The number of aromatic nitrogens is 4. The number of fused-ring (bicyclic) bond motifs is 1. The van der Waals surface area contributed by atoms with Crippen molar-refractivity contribution in [3.8, 4) is 5.88 Å². The molecular formula is C17H17N5O4. The molecule has 3 heterocycles. The molecule has 0 aromatic carbocycles. The smallest absolute Gasteiger partial charge is 0.327 e. The lowest BCUT2D eigenvalue weighted by Gasteiger charge is -2.09. The quantitative estimate of drug-likeness (QED) is 0.618. The van der Waals surface area contributed by atoms with E-state index in [0.717, 1.165) is 5.56 Å². The Bertz CT molecular complexity index is 1050. The van der Waals surface area contributed by atoms with Gasteiger partial charge in [0.05, 0.1) is 17.1 Å². The molecule has 1 amide bonds. The Morgan fingerprint density at radius 2 is 2.00 bits per heavy atom. The second-order valence-corrected chi connectivity index (χ2v) is 5.88. The summed E-state index contributed by atoms with van der Waals surface area (Å²) in [4.78, 5) is 47.9. The molecule has 0 unspecified atom stereocenters. The van der Waals surface area contributed by atoms with E-state index in [4.69, 9.17) is 4.74 Å². The van der Waals surface area contributed by atoms with E-state index >= 15 is 0 Å². The third-order valence-electron chi connectivity index (χ3n) is 3.46. The summed E-state index contributed by atoms with van der Waals surface area (Å²) in [6.07, 6.45) is 2.95.